The predicted octanol–water partition coefficient (Wildman–Crippen LogP) is 0.0193. The number of nitrogens with zero attached hydrogens (tertiary/aromatic N) is 1. The van der Waals surface area contributed by atoms with Gasteiger partial charge in [-0.3, -0.25) is 9.78 Å². The van der Waals surface area contributed by atoms with Crippen molar-refractivity contribution in [2.45, 2.75) is 25.7 Å². The third kappa shape index (κ3) is 2.18. The smallest absolute Gasteiger partial charge is 0.255 e. The number of aromatic nitrogens is 2. The van der Waals surface area contributed by atoms with Crippen LogP contribution in [0.4, 0.5) is 5.95 Å². The van der Waals surface area contributed by atoms with Crippen LogP contribution in [-0.4, -0.2) is 23.1 Å². The van der Waals surface area contributed by atoms with Gasteiger partial charge in [-0.2, -0.15) is 0 Å². The lowest BCUT2D eigenvalue weighted by Crippen LogP contribution is -2.24. The second kappa shape index (κ2) is 4.44. The van der Waals surface area contributed by atoms with Crippen molar-refractivity contribution in [2.75, 3.05) is 18.4 Å². The number of nitrogens with one attached hydrogen (secondary N) is 2. The summed E-state index contributed by atoms with van der Waals surface area (Å²) in [5, 5.41) is 2.99. The van der Waals surface area contributed by atoms with Gasteiger partial charge in [-0.05, 0) is 25.7 Å². The summed E-state index contributed by atoms with van der Waals surface area (Å²) in [4.78, 5) is 18.8. The average molecular weight is 208 g/mol. The van der Waals surface area contributed by atoms with Crippen molar-refractivity contribution in [3.8, 4) is 0 Å². The maximum Gasteiger partial charge on any atom is 0.255 e. The summed E-state index contributed by atoms with van der Waals surface area (Å²) in [7, 11) is 0. The standard InChI is InChI=1S/C10H16N4O/c11-5-6-12-10-13-8-4-2-1-3-7(8)9(15)14-10/h1-6,11H2,(H2,12,13,14,15). The van der Waals surface area contributed by atoms with E-state index in [4.69, 9.17) is 5.73 Å². The first kappa shape index (κ1) is 10.2. The zero-order chi connectivity index (χ0) is 10.7. The van der Waals surface area contributed by atoms with Crippen molar-refractivity contribution < 1.29 is 0 Å². The predicted molar refractivity (Wildman–Crippen MR) is 59.0 cm³/mol. The number of fused-ring (bicyclic) bond motifs is 1. The average Bonchev–Trinajstić information content (AvgIpc) is 2.26. The fourth-order valence-electron chi connectivity index (χ4n) is 1.88. The molecule has 1 aliphatic rings. The molecule has 2 rings (SSSR count). The van der Waals surface area contributed by atoms with Crippen LogP contribution in [0.15, 0.2) is 4.79 Å². The van der Waals surface area contributed by atoms with E-state index in [0.717, 1.165) is 36.9 Å². The van der Waals surface area contributed by atoms with Gasteiger partial charge in [-0.1, -0.05) is 0 Å². The zero-order valence-electron chi connectivity index (χ0n) is 8.68. The molecule has 1 aromatic heterocycles. The first-order chi connectivity index (χ1) is 7.31. The Morgan fingerprint density at radius 1 is 1.40 bits per heavy atom. The van der Waals surface area contributed by atoms with E-state index in [1.165, 1.54) is 0 Å². The quantitative estimate of drug-likeness (QED) is 0.654. The van der Waals surface area contributed by atoms with E-state index in [2.05, 4.69) is 15.3 Å². The summed E-state index contributed by atoms with van der Waals surface area (Å²) in [5.74, 6) is 0.547. The molecule has 0 saturated carbocycles. The molecule has 1 aliphatic carbocycles. The Hall–Kier alpha value is -1.36. The molecular formula is C10H16N4O. The SMILES string of the molecule is NCCNc1nc2c(c(=O)[nH]1)CCCC2. The van der Waals surface area contributed by atoms with E-state index in [1.807, 2.05) is 0 Å². The first-order valence-corrected chi connectivity index (χ1v) is 5.37. The van der Waals surface area contributed by atoms with Crippen molar-refractivity contribution in [3.63, 3.8) is 0 Å². The van der Waals surface area contributed by atoms with Crippen LogP contribution in [0, 0.1) is 0 Å². The molecule has 0 radical (unpaired) electrons. The monoisotopic (exact) mass is 208 g/mol. The van der Waals surface area contributed by atoms with Gasteiger partial charge in [0.2, 0.25) is 5.95 Å². The third-order valence-electron chi connectivity index (χ3n) is 2.63. The third-order valence-corrected chi connectivity index (χ3v) is 2.63. The normalized spacial score (nSPS) is 14.7. The second-order valence-electron chi connectivity index (χ2n) is 3.76. The molecule has 0 bridgehead atoms. The van der Waals surface area contributed by atoms with Crippen LogP contribution < -0.4 is 16.6 Å². The van der Waals surface area contributed by atoms with Gasteiger partial charge in [0, 0.05) is 18.7 Å². The molecular weight excluding hydrogens is 192 g/mol. The highest BCUT2D eigenvalue weighted by molar-refractivity contribution is 5.30. The largest absolute Gasteiger partial charge is 0.354 e. The summed E-state index contributed by atoms with van der Waals surface area (Å²) in [6, 6.07) is 0. The Kier molecular flexibility index (Phi) is 3.01. The molecule has 5 heteroatoms. The summed E-state index contributed by atoms with van der Waals surface area (Å²) in [6.07, 6.45) is 3.98. The lowest BCUT2D eigenvalue weighted by Gasteiger charge is -2.14. The molecule has 0 aliphatic heterocycles. The maximum absolute atomic E-state index is 11.7. The molecule has 1 aromatic rings. The van der Waals surface area contributed by atoms with Crippen LogP contribution >= 0.6 is 0 Å². The topological polar surface area (TPSA) is 83.8 Å². The van der Waals surface area contributed by atoms with E-state index >= 15 is 0 Å². The Morgan fingerprint density at radius 3 is 3.00 bits per heavy atom. The highest BCUT2D eigenvalue weighted by Crippen LogP contribution is 2.16. The van der Waals surface area contributed by atoms with Gasteiger partial charge in [0.25, 0.3) is 5.56 Å². The number of hydrogen-bond donors (Lipinski definition) is 3. The van der Waals surface area contributed by atoms with Crippen LogP contribution in [0.2, 0.25) is 0 Å². The van der Waals surface area contributed by atoms with Crippen LogP contribution in [0.25, 0.3) is 0 Å². The molecule has 0 fully saturated rings. The Labute approximate surface area is 88.1 Å². The van der Waals surface area contributed by atoms with Crippen LogP contribution in [-0.2, 0) is 12.8 Å². The summed E-state index contributed by atoms with van der Waals surface area (Å²) in [6.45, 7) is 1.16. The summed E-state index contributed by atoms with van der Waals surface area (Å²) in [5.41, 5.74) is 7.18. The minimum atomic E-state index is -0.000721. The summed E-state index contributed by atoms with van der Waals surface area (Å²) < 4.78 is 0. The van der Waals surface area contributed by atoms with E-state index in [1.54, 1.807) is 0 Å². The van der Waals surface area contributed by atoms with Crippen LogP contribution in [0.5, 0.6) is 0 Å². The van der Waals surface area contributed by atoms with Crippen LogP contribution in [0.1, 0.15) is 24.1 Å². The molecule has 0 saturated heterocycles. The number of H-pyrrole nitrogens is 1. The van der Waals surface area contributed by atoms with E-state index < -0.39 is 0 Å². The number of rotatable bonds is 3. The number of anilines is 1. The molecule has 0 atom stereocenters. The van der Waals surface area contributed by atoms with Crippen molar-refractivity contribution >= 4 is 5.95 Å². The second-order valence-corrected chi connectivity index (χ2v) is 3.76. The van der Waals surface area contributed by atoms with E-state index in [9.17, 15) is 4.79 Å². The molecule has 0 amide bonds. The Morgan fingerprint density at radius 2 is 2.20 bits per heavy atom. The lowest BCUT2D eigenvalue weighted by atomic mass is 9.97. The van der Waals surface area contributed by atoms with Crippen LogP contribution in [0.3, 0.4) is 0 Å². The number of aryl methyl sites for hydroxylation is 1. The van der Waals surface area contributed by atoms with Gasteiger partial charge in [0.15, 0.2) is 0 Å². The van der Waals surface area contributed by atoms with Gasteiger partial charge >= 0.3 is 0 Å². The van der Waals surface area contributed by atoms with Gasteiger partial charge in [0.05, 0.1) is 5.69 Å². The minimum absolute atomic E-state index is 0.000721. The molecule has 4 N–H and O–H groups in total. The molecule has 0 aromatic carbocycles. The minimum Gasteiger partial charge on any atom is -0.354 e. The highest BCUT2D eigenvalue weighted by Gasteiger charge is 2.14. The maximum atomic E-state index is 11.7. The number of nitrogens with two attached hydrogens (primary N) is 1. The fourth-order valence-corrected chi connectivity index (χ4v) is 1.88. The van der Waals surface area contributed by atoms with Gasteiger partial charge in [-0.15, -0.1) is 0 Å². The molecule has 5 nitrogen and oxygen atoms in total. The first-order valence-electron chi connectivity index (χ1n) is 5.37. The Bertz CT molecular complexity index is 399. The summed E-state index contributed by atoms with van der Waals surface area (Å²) >= 11 is 0. The molecule has 15 heavy (non-hydrogen) atoms. The fraction of sp³-hybridized carbons (Fsp3) is 0.600. The lowest BCUT2D eigenvalue weighted by molar-refractivity contribution is 0.657. The van der Waals surface area contributed by atoms with Crippen molar-refractivity contribution in [1.82, 2.24) is 9.97 Å². The van der Waals surface area contributed by atoms with Crippen molar-refractivity contribution in [3.05, 3.63) is 21.6 Å². The van der Waals surface area contributed by atoms with E-state index in [0.29, 0.717) is 19.0 Å². The number of aromatic amines is 1. The molecule has 0 unspecified atom stereocenters. The molecule has 1 heterocycles. The highest BCUT2D eigenvalue weighted by atomic mass is 16.1. The van der Waals surface area contributed by atoms with Crippen molar-refractivity contribution in [1.29, 1.82) is 0 Å². The van der Waals surface area contributed by atoms with Gasteiger partial charge < -0.3 is 11.1 Å². The van der Waals surface area contributed by atoms with Gasteiger partial charge in [-0.25, -0.2) is 4.98 Å². The Balaban J connectivity index is 2.28. The molecule has 0 spiro atoms. The zero-order valence-corrected chi connectivity index (χ0v) is 8.68. The molecule has 82 valence electrons. The van der Waals surface area contributed by atoms with Crippen molar-refractivity contribution in [2.24, 2.45) is 5.73 Å². The van der Waals surface area contributed by atoms with E-state index in [-0.39, 0.29) is 5.56 Å². The van der Waals surface area contributed by atoms with Gasteiger partial charge in [0.1, 0.15) is 0 Å². The number of hydrogen-bond acceptors (Lipinski definition) is 4.